The number of nitrogens with two attached hydrogens (primary N) is 1. The average Bonchev–Trinajstić information content (AvgIpc) is 2.74. The molecule has 2 rings (SSSR count). The number of hydrogen-bond donors (Lipinski definition) is 1. The van der Waals surface area contributed by atoms with Gasteiger partial charge in [0, 0.05) is 6.20 Å². The molecule has 2 heterocycles. The van der Waals surface area contributed by atoms with Gasteiger partial charge in [-0.2, -0.15) is 18.3 Å². The highest BCUT2D eigenvalue weighted by Crippen LogP contribution is 2.28. The van der Waals surface area contributed by atoms with Crippen molar-refractivity contribution in [2.75, 3.05) is 5.73 Å². The highest BCUT2D eigenvalue weighted by atomic mass is 19.4. The fraction of sp³-hybridized carbons (Fsp3) is 0.417. The third-order valence-electron chi connectivity index (χ3n) is 2.89. The Morgan fingerprint density at radius 2 is 1.95 bits per heavy atom. The van der Waals surface area contributed by atoms with E-state index in [4.69, 9.17) is 5.73 Å². The Kier molecular flexibility index (Phi) is 3.65. The van der Waals surface area contributed by atoms with Gasteiger partial charge < -0.3 is 5.73 Å². The summed E-state index contributed by atoms with van der Waals surface area (Å²) in [5, 5.41) is 4.19. The fourth-order valence-electron chi connectivity index (χ4n) is 1.89. The Bertz CT molecular complexity index is 618. The Hall–Kier alpha value is -2.12. The molecule has 0 atom stereocenters. The number of aryl methyl sites for hydroxylation is 1. The first kappa shape index (κ1) is 14.3. The molecule has 8 heteroatoms. The molecule has 0 unspecified atom stereocenters. The molecule has 2 aromatic rings. The van der Waals surface area contributed by atoms with Crippen molar-refractivity contribution in [3.05, 3.63) is 29.3 Å². The van der Waals surface area contributed by atoms with Gasteiger partial charge in [-0.05, 0) is 18.9 Å². The zero-order valence-corrected chi connectivity index (χ0v) is 11.1. The second-order valence-electron chi connectivity index (χ2n) is 4.17. The van der Waals surface area contributed by atoms with E-state index in [-0.39, 0.29) is 5.95 Å². The van der Waals surface area contributed by atoms with Crippen LogP contribution in [0.4, 0.5) is 18.9 Å². The molecule has 0 fully saturated rings. The molecule has 0 aliphatic heterocycles. The van der Waals surface area contributed by atoms with E-state index in [0.717, 1.165) is 12.3 Å². The minimum absolute atomic E-state index is 0.122. The molecule has 0 saturated heterocycles. The van der Waals surface area contributed by atoms with E-state index in [9.17, 15) is 13.2 Å². The molecule has 0 amide bonds. The highest BCUT2D eigenvalue weighted by molar-refractivity contribution is 5.50. The molecular weight excluding hydrogens is 271 g/mol. The predicted octanol–water partition coefficient (Wildman–Crippen LogP) is 2.39. The lowest BCUT2D eigenvalue weighted by molar-refractivity contribution is -0.141. The number of alkyl halides is 3. The molecule has 0 radical (unpaired) electrons. The molecular formula is C12H14F3N5. The van der Waals surface area contributed by atoms with Gasteiger partial charge in [0.15, 0.2) is 0 Å². The first-order valence-electron chi connectivity index (χ1n) is 6.15. The van der Waals surface area contributed by atoms with Gasteiger partial charge in [0.05, 0.1) is 17.1 Å². The van der Waals surface area contributed by atoms with Crippen LogP contribution in [-0.4, -0.2) is 19.7 Å². The molecule has 2 aromatic heterocycles. The first-order chi connectivity index (χ1) is 9.38. The van der Waals surface area contributed by atoms with Crippen LogP contribution in [-0.2, 0) is 19.0 Å². The van der Waals surface area contributed by atoms with Crippen LogP contribution in [0.15, 0.2) is 12.3 Å². The molecule has 0 aliphatic carbocycles. The lowest BCUT2D eigenvalue weighted by Gasteiger charge is -2.08. The van der Waals surface area contributed by atoms with E-state index >= 15 is 0 Å². The summed E-state index contributed by atoms with van der Waals surface area (Å²) in [6.07, 6.45) is -2.34. The molecule has 0 aromatic carbocycles. The summed E-state index contributed by atoms with van der Waals surface area (Å²) in [5.41, 5.74) is 6.64. The zero-order chi connectivity index (χ0) is 14.9. The lowest BCUT2D eigenvalue weighted by Crippen LogP contribution is -2.13. The van der Waals surface area contributed by atoms with Gasteiger partial charge in [-0.25, -0.2) is 14.6 Å². The predicted molar refractivity (Wildman–Crippen MR) is 67.3 cm³/mol. The van der Waals surface area contributed by atoms with Gasteiger partial charge in [0.2, 0.25) is 0 Å². The number of halogens is 3. The van der Waals surface area contributed by atoms with E-state index in [1.54, 1.807) is 0 Å². The summed E-state index contributed by atoms with van der Waals surface area (Å²) in [6.45, 7) is 3.71. The van der Waals surface area contributed by atoms with E-state index in [2.05, 4.69) is 15.1 Å². The van der Waals surface area contributed by atoms with Crippen LogP contribution in [0.5, 0.6) is 0 Å². The maximum absolute atomic E-state index is 12.7. The third kappa shape index (κ3) is 2.45. The topological polar surface area (TPSA) is 69.6 Å². The summed E-state index contributed by atoms with van der Waals surface area (Å²) in [7, 11) is 0. The zero-order valence-electron chi connectivity index (χ0n) is 11.1. The Morgan fingerprint density at radius 1 is 1.25 bits per heavy atom. The summed E-state index contributed by atoms with van der Waals surface area (Å²) in [6, 6.07) is 0.822. The van der Waals surface area contributed by atoms with Crippen molar-refractivity contribution in [3.8, 4) is 5.95 Å². The first-order valence-corrected chi connectivity index (χ1v) is 6.15. The average molecular weight is 285 g/mol. The minimum atomic E-state index is -4.52. The summed E-state index contributed by atoms with van der Waals surface area (Å²) in [5.74, 6) is -0.122. The second-order valence-corrected chi connectivity index (χ2v) is 4.17. The van der Waals surface area contributed by atoms with Crippen molar-refractivity contribution in [1.82, 2.24) is 19.7 Å². The minimum Gasteiger partial charge on any atom is -0.396 e. The summed E-state index contributed by atoms with van der Waals surface area (Å²) >= 11 is 0. The molecule has 20 heavy (non-hydrogen) atoms. The second kappa shape index (κ2) is 5.10. The van der Waals surface area contributed by atoms with E-state index in [0.29, 0.717) is 29.9 Å². The number of aromatic nitrogens is 4. The molecule has 0 bridgehead atoms. The van der Waals surface area contributed by atoms with Crippen LogP contribution in [0, 0.1) is 0 Å². The summed E-state index contributed by atoms with van der Waals surface area (Å²) in [4.78, 5) is 7.37. The normalized spacial score (nSPS) is 11.8. The van der Waals surface area contributed by atoms with Crippen molar-refractivity contribution in [2.24, 2.45) is 0 Å². The Balaban J connectivity index is 2.57. The van der Waals surface area contributed by atoms with Crippen LogP contribution in [0.25, 0.3) is 5.95 Å². The molecule has 108 valence electrons. The highest BCUT2D eigenvalue weighted by Gasteiger charge is 2.33. The Morgan fingerprint density at radius 3 is 2.50 bits per heavy atom. The van der Waals surface area contributed by atoms with Crippen LogP contribution in [0.1, 0.15) is 30.9 Å². The fourth-order valence-corrected chi connectivity index (χ4v) is 1.89. The van der Waals surface area contributed by atoms with Crippen molar-refractivity contribution in [1.29, 1.82) is 0 Å². The van der Waals surface area contributed by atoms with E-state index in [1.165, 1.54) is 4.68 Å². The number of hydrogen-bond acceptors (Lipinski definition) is 4. The number of rotatable bonds is 3. The van der Waals surface area contributed by atoms with Gasteiger partial charge in [-0.1, -0.05) is 13.8 Å². The van der Waals surface area contributed by atoms with Crippen molar-refractivity contribution in [2.45, 2.75) is 32.9 Å². The maximum Gasteiger partial charge on any atom is 0.433 e. The standard InChI is InChI=1S/C12H14F3N5/c1-3-7-10(16)8(4-2)20(19-7)11-17-6-5-9(18-11)12(13,14)15/h5-6H,3-4,16H2,1-2H3. The van der Waals surface area contributed by atoms with Gasteiger partial charge in [-0.15, -0.1) is 0 Å². The lowest BCUT2D eigenvalue weighted by atomic mass is 10.2. The molecule has 0 spiro atoms. The summed E-state index contributed by atoms with van der Waals surface area (Å²) < 4.78 is 39.3. The third-order valence-corrected chi connectivity index (χ3v) is 2.89. The van der Waals surface area contributed by atoms with Crippen LogP contribution in [0.2, 0.25) is 0 Å². The Labute approximate surface area is 113 Å². The number of nitrogens with zero attached hydrogens (tertiary/aromatic N) is 4. The van der Waals surface area contributed by atoms with Gasteiger partial charge in [0.25, 0.3) is 5.95 Å². The van der Waals surface area contributed by atoms with Crippen molar-refractivity contribution < 1.29 is 13.2 Å². The molecule has 0 saturated carbocycles. The quantitative estimate of drug-likeness (QED) is 0.940. The number of anilines is 1. The smallest absolute Gasteiger partial charge is 0.396 e. The van der Waals surface area contributed by atoms with E-state index < -0.39 is 11.9 Å². The molecule has 0 aliphatic rings. The van der Waals surface area contributed by atoms with Gasteiger partial charge in [0.1, 0.15) is 5.69 Å². The van der Waals surface area contributed by atoms with Crippen molar-refractivity contribution in [3.63, 3.8) is 0 Å². The molecule has 5 nitrogen and oxygen atoms in total. The van der Waals surface area contributed by atoms with Gasteiger partial charge in [-0.3, -0.25) is 0 Å². The van der Waals surface area contributed by atoms with E-state index in [1.807, 2.05) is 13.8 Å². The van der Waals surface area contributed by atoms with Crippen LogP contribution >= 0.6 is 0 Å². The SMILES string of the molecule is CCc1nn(-c2nccc(C(F)(F)F)n2)c(CC)c1N. The maximum atomic E-state index is 12.7. The largest absolute Gasteiger partial charge is 0.433 e. The molecule has 2 N–H and O–H groups in total. The van der Waals surface area contributed by atoms with Crippen molar-refractivity contribution >= 4 is 5.69 Å². The van der Waals surface area contributed by atoms with Crippen LogP contribution < -0.4 is 5.73 Å². The van der Waals surface area contributed by atoms with Crippen LogP contribution in [0.3, 0.4) is 0 Å². The van der Waals surface area contributed by atoms with Gasteiger partial charge >= 0.3 is 6.18 Å². The monoisotopic (exact) mass is 285 g/mol. The number of nitrogen functional groups attached to an aromatic ring is 1.